The molecule has 1 saturated heterocycles. The molecule has 2 heterocycles. The predicted molar refractivity (Wildman–Crippen MR) is 79.8 cm³/mol. The lowest BCUT2D eigenvalue weighted by Gasteiger charge is -2.31. The van der Waals surface area contributed by atoms with Crippen LogP contribution in [0.5, 0.6) is 0 Å². The number of nitrogens with one attached hydrogen (secondary N) is 1. The van der Waals surface area contributed by atoms with Crippen LogP contribution in [-0.2, 0) is 21.5 Å². The van der Waals surface area contributed by atoms with Crippen LogP contribution in [0.25, 0.3) is 0 Å². The van der Waals surface area contributed by atoms with Gasteiger partial charge in [-0.3, -0.25) is 4.79 Å². The second-order valence-corrected chi connectivity index (χ2v) is 8.14. The standard InChI is InChI=1S/C11H15BrN2O4S2/c12-8-5-9(19-7-8)6-13-20(17,18)14-4-2-1-3-10(14)11(15)16/h5,7,10,13H,1-4,6H2,(H,15,16). The molecule has 2 rings (SSSR count). The number of hydrogen-bond donors (Lipinski definition) is 2. The van der Waals surface area contributed by atoms with E-state index in [1.807, 2.05) is 11.4 Å². The quantitative estimate of drug-likeness (QED) is 0.812. The molecule has 112 valence electrons. The van der Waals surface area contributed by atoms with Gasteiger partial charge in [-0.15, -0.1) is 11.3 Å². The summed E-state index contributed by atoms with van der Waals surface area (Å²) in [5, 5.41) is 11.0. The van der Waals surface area contributed by atoms with Gasteiger partial charge in [-0.2, -0.15) is 17.4 Å². The third-order valence-corrected chi connectivity index (χ3v) is 6.36. The van der Waals surface area contributed by atoms with Crippen molar-refractivity contribution in [2.24, 2.45) is 0 Å². The molecule has 2 N–H and O–H groups in total. The fourth-order valence-electron chi connectivity index (χ4n) is 2.13. The predicted octanol–water partition coefficient (Wildman–Crippen LogP) is 1.78. The van der Waals surface area contributed by atoms with E-state index in [2.05, 4.69) is 20.7 Å². The van der Waals surface area contributed by atoms with Crippen LogP contribution < -0.4 is 4.72 Å². The number of aliphatic carboxylic acids is 1. The molecule has 1 fully saturated rings. The summed E-state index contributed by atoms with van der Waals surface area (Å²) < 4.78 is 28.9. The lowest BCUT2D eigenvalue weighted by molar-refractivity contribution is -0.142. The average molecular weight is 383 g/mol. The Bertz CT molecular complexity index is 587. The Kier molecular flexibility index (Phi) is 5.19. The topological polar surface area (TPSA) is 86.7 Å². The molecule has 1 aliphatic rings. The minimum Gasteiger partial charge on any atom is -0.480 e. The van der Waals surface area contributed by atoms with Crippen molar-refractivity contribution in [1.29, 1.82) is 0 Å². The number of hydrogen-bond acceptors (Lipinski definition) is 4. The first-order valence-corrected chi connectivity index (χ1v) is 9.23. The molecule has 1 unspecified atom stereocenters. The number of rotatable bonds is 5. The van der Waals surface area contributed by atoms with Gasteiger partial charge in [-0.05, 0) is 41.3 Å². The molecule has 1 atom stereocenters. The molecule has 0 aliphatic carbocycles. The van der Waals surface area contributed by atoms with E-state index in [1.54, 1.807) is 0 Å². The highest BCUT2D eigenvalue weighted by molar-refractivity contribution is 9.10. The minimum absolute atomic E-state index is 0.168. The number of halogens is 1. The molecular weight excluding hydrogens is 368 g/mol. The highest BCUT2D eigenvalue weighted by Gasteiger charge is 2.36. The fraction of sp³-hybridized carbons (Fsp3) is 0.545. The Morgan fingerprint density at radius 2 is 2.30 bits per heavy atom. The van der Waals surface area contributed by atoms with Crippen molar-refractivity contribution < 1.29 is 18.3 Å². The Morgan fingerprint density at radius 1 is 1.55 bits per heavy atom. The van der Waals surface area contributed by atoms with E-state index in [0.717, 1.165) is 20.1 Å². The number of thiophene rings is 1. The molecule has 0 amide bonds. The molecule has 0 saturated carbocycles. The highest BCUT2D eigenvalue weighted by Crippen LogP contribution is 2.22. The number of carboxylic acids is 1. The second kappa shape index (κ2) is 6.52. The van der Waals surface area contributed by atoms with Gasteiger partial charge in [-0.25, -0.2) is 0 Å². The van der Waals surface area contributed by atoms with Crippen molar-refractivity contribution in [2.45, 2.75) is 31.8 Å². The summed E-state index contributed by atoms with van der Waals surface area (Å²) in [6.45, 7) is 0.419. The molecule has 0 spiro atoms. The molecule has 0 aromatic carbocycles. The summed E-state index contributed by atoms with van der Waals surface area (Å²) in [4.78, 5) is 12.0. The van der Waals surface area contributed by atoms with E-state index < -0.39 is 22.2 Å². The molecule has 20 heavy (non-hydrogen) atoms. The van der Waals surface area contributed by atoms with Gasteiger partial charge in [0, 0.05) is 27.8 Å². The maximum absolute atomic E-state index is 12.2. The van der Waals surface area contributed by atoms with E-state index in [4.69, 9.17) is 5.11 Å². The van der Waals surface area contributed by atoms with E-state index in [1.165, 1.54) is 11.3 Å². The molecular formula is C11H15BrN2O4S2. The summed E-state index contributed by atoms with van der Waals surface area (Å²) >= 11 is 4.74. The normalized spacial score (nSPS) is 20.9. The first-order valence-electron chi connectivity index (χ1n) is 6.12. The summed E-state index contributed by atoms with van der Waals surface area (Å²) in [5.41, 5.74) is 0. The van der Waals surface area contributed by atoms with Crippen molar-refractivity contribution in [2.75, 3.05) is 6.54 Å². The van der Waals surface area contributed by atoms with Crippen LogP contribution in [0.4, 0.5) is 0 Å². The highest BCUT2D eigenvalue weighted by atomic mass is 79.9. The van der Waals surface area contributed by atoms with E-state index in [-0.39, 0.29) is 13.1 Å². The number of carbonyl (C=O) groups is 1. The summed E-state index contributed by atoms with van der Waals surface area (Å²) in [7, 11) is -3.77. The zero-order valence-electron chi connectivity index (χ0n) is 10.6. The lowest BCUT2D eigenvalue weighted by Crippen LogP contribution is -2.51. The third-order valence-electron chi connectivity index (χ3n) is 3.10. The maximum atomic E-state index is 12.2. The van der Waals surface area contributed by atoms with Gasteiger partial charge in [0.05, 0.1) is 0 Å². The molecule has 9 heteroatoms. The summed E-state index contributed by atoms with van der Waals surface area (Å²) in [5.74, 6) is -1.09. The van der Waals surface area contributed by atoms with Gasteiger partial charge in [0.25, 0.3) is 10.2 Å². The van der Waals surface area contributed by atoms with Crippen molar-refractivity contribution in [3.05, 3.63) is 20.8 Å². The molecule has 0 bridgehead atoms. The number of nitrogens with zero attached hydrogens (tertiary/aromatic N) is 1. The van der Waals surface area contributed by atoms with Crippen LogP contribution in [0.3, 0.4) is 0 Å². The van der Waals surface area contributed by atoms with Gasteiger partial charge >= 0.3 is 5.97 Å². The van der Waals surface area contributed by atoms with Gasteiger partial charge in [0.1, 0.15) is 6.04 Å². The van der Waals surface area contributed by atoms with Crippen LogP contribution in [0, 0.1) is 0 Å². The SMILES string of the molecule is O=C(O)C1CCCCN1S(=O)(=O)NCc1cc(Br)cs1. The fourth-order valence-corrected chi connectivity index (χ4v) is 5.02. The first-order chi connectivity index (χ1) is 9.40. The van der Waals surface area contributed by atoms with E-state index >= 15 is 0 Å². The Labute approximate surface area is 130 Å². The zero-order valence-corrected chi connectivity index (χ0v) is 13.8. The van der Waals surface area contributed by atoms with Crippen molar-refractivity contribution in [1.82, 2.24) is 9.03 Å². The largest absolute Gasteiger partial charge is 0.480 e. The van der Waals surface area contributed by atoms with Crippen LogP contribution >= 0.6 is 27.3 Å². The summed E-state index contributed by atoms with van der Waals surface area (Å²) in [6.07, 6.45) is 1.79. The second-order valence-electron chi connectivity index (χ2n) is 4.52. The van der Waals surface area contributed by atoms with E-state index in [0.29, 0.717) is 12.8 Å². The van der Waals surface area contributed by atoms with Gasteiger partial charge in [-0.1, -0.05) is 0 Å². The Morgan fingerprint density at radius 3 is 2.90 bits per heavy atom. The minimum atomic E-state index is -3.77. The Hall–Kier alpha value is -0.480. The molecule has 6 nitrogen and oxygen atoms in total. The molecule has 1 aromatic heterocycles. The van der Waals surface area contributed by atoms with Crippen LogP contribution in [0.1, 0.15) is 24.1 Å². The Balaban J connectivity index is 2.06. The molecule has 1 aliphatic heterocycles. The van der Waals surface area contributed by atoms with Gasteiger partial charge in [0.15, 0.2) is 0 Å². The number of piperidine rings is 1. The lowest BCUT2D eigenvalue weighted by atomic mass is 10.1. The third kappa shape index (κ3) is 3.79. The van der Waals surface area contributed by atoms with Crippen molar-refractivity contribution in [3.63, 3.8) is 0 Å². The molecule has 0 radical (unpaired) electrons. The van der Waals surface area contributed by atoms with E-state index in [9.17, 15) is 13.2 Å². The summed E-state index contributed by atoms with van der Waals surface area (Å²) in [6, 6.07) is 0.870. The van der Waals surface area contributed by atoms with Gasteiger partial charge < -0.3 is 5.11 Å². The van der Waals surface area contributed by atoms with Crippen LogP contribution in [0.15, 0.2) is 15.9 Å². The first kappa shape index (κ1) is 15.9. The average Bonchev–Trinajstić information content (AvgIpc) is 2.82. The molecule has 1 aromatic rings. The number of carboxylic acid groups (broad SMARTS) is 1. The monoisotopic (exact) mass is 382 g/mol. The smallest absolute Gasteiger partial charge is 0.322 e. The zero-order chi connectivity index (χ0) is 14.8. The van der Waals surface area contributed by atoms with Gasteiger partial charge in [0.2, 0.25) is 0 Å². The van der Waals surface area contributed by atoms with Crippen LogP contribution in [-0.4, -0.2) is 36.4 Å². The van der Waals surface area contributed by atoms with Crippen molar-refractivity contribution in [3.8, 4) is 0 Å². The maximum Gasteiger partial charge on any atom is 0.322 e. The van der Waals surface area contributed by atoms with Crippen LogP contribution in [0.2, 0.25) is 0 Å². The van der Waals surface area contributed by atoms with Crippen molar-refractivity contribution >= 4 is 43.4 Å².